The van der Waals surface area contributed by atoms with Gasteiger partial charge in [0.2, 0.25) is 0 Å². The zero-order valence-electron chi connectivity index (χ0n) is 6.94. The van der Waals surface area contributed by atoms with Crippen molar-refractivity contribution in [2.24, 2.45) is 0 Å². The van der Waals surface area contributed by atoms with Crippen LogP contribution in [0.5, 0.6) is 0 Å². The van der Waals surface area contributed by atoms with Crippen LogP contribution in [0.15, 0.2) is 0 Å². The van der Waals surface area contributed by atoms with Gasteiger partial charge >= 0.3 is 0 Å². The molecule has 0 heterocycles. The number of hydrogen-bond acceptors (Lipinski definition) is 1. The first-order valence-corrected chi connectivity index (χ1v) is 4.48. The molecule has 1 unspecified atom stereocenters. The lowest BCUT2D eigenvalue weighted by Gasteiger charge is -2.05. The summed E-state index contributed by atoms with van der Waals surface area (Å²) in [5.41, 5.74) is 0. The van der Waals surface area contributed by atoms with Crippen molar-refractivity contribution in [2.45, 2.75) is 38.7 Å². The molecule has 2 heteroatoms. The molecule has 11 heavy (non-hydrogen) atoms. The lowest BCUT2D eigenvalue weighted by Crippen LogP contribution is -2.05. The van der Waals surface area contributed by atoms with Crippen LogP contribution >= 0.6 is 11.6 Å². The molecule has 1 nitrogen and oxygen atoms in total. The number of aliphatic hydroxyl groups is 1. The highest BCUT2D eigenvalue weighted by atomic mass is 35.5. The Morgan fingerprint density at radius 3 is 2.73 bits per heavy atom. The fraction of sp³-hybridized carbons (Fsp3) is 0.778. The topological polar surface area (TPSA) is 20.2 Å². The Hall–Kier alpha value is -0.190. The fourth-order valence-corrected chi connectivity index (χ4v) is 0.975. The highest BCUT2D eigenvalue weighted by molar-refractivity contribution is 6.17. The predicted molar refractivity (Wildman–Crippen MR) is 48.6 cm³/mol. The van der Waals surface area contributed by atoms with Crippen LogP contribution in [0.25, 0.3) is 0 Å². The van der Waals surface area contributed by atoms with Gasteiger partial charge < -0.3 is 5.11 Å². The van der Waals surface area contributed by atoms with Crippen molar-refractivity contribution >= 4 is 11.6 Å². The highest BCUT2D eigenvalue weighted by Gasteiger charge is 2.00. The molecular weight excluding hydrogens is 160 g/mol. The van der Waals surface area contributed by atoms with Gasteiger partial charge in [-0.25, -0.2) is 0 Å². The van der Waals surface area contributed by atoms with Gasteiger partial charge in [-0.15, -0.1) is 23.4 Å². The van der Waals surface area contributed by atoms with Crippen LogP contribution in [0, 0.1) is 11.8 Å². The van der Waals surface area contributed by atoms with E-state index >= 15 is 0 Å². The smallest absolute Gasteiger partial charge is 0.0549 e. The van der Waals surface area contributed by atoms with Crippen LogP contribution in [-0.4, -0.2) is 17.1 Å². The van der Waals surface area contributed by atoms with E-state index in [-0.39, 0.29) is 6.10 Å². The number of halogens is 1. The minimum atomic E-state index is -0.213. The molecule has 0 aliphatic rings. The number of hydrogen-bond donors (Lipinski definition) is 1. The normalized spacial score (nSPS) is 11.9. The van der Waals surface area contributed by atoms with Crippen molar-refractivity contribution in [2.75, 3.05) is 5.88 Å². The summed E-state index contributed by atoms with van der Waals surface area (Å²) in [6.45, 7) is 1.81. The second-order valence-electron chi connectivity index (χ2n) is 2.45. The average Bonchev–Trinajstić information content (AvgIpc) is 2.01. The average molecular weight is 175 g/mol. The molecule has 0 bridgehead atoms. The summed E-state index contributed by atoms with van der Waals surface area (Å²) < 4.78 is 0. The van der Waals surface area contributed by atoms with Gasteiger partial charge in [-0.1, -0.05) is 0 Å². The van der Waals surface area contributed by atoms with Gasteiger partial charge in [-0.2, -0.15) is 0 Å². The summed E-state index contributed by atoms with van der Waals surface area (Å²) in [6, 6.07) is 0. The van der Waals surface area contributed by atoms with Crippen LogP contribution in [0.3, 0.4) is 0 Å². The lowest BCUT2D eigenvalue weighted by atomic mass is 10.1. The Bertz CT molecular complexity index is 134. The summed E-state index contributed by atoms with van der Waals surface area (Å²) in [7, 11) is 0. The summed E-state index contributed by atoms with van der Waals surface area (Å²) >= 11 is 5.47. The molecule has 0 aromatic heterocycles. The third kappa shape index (κ3) is 7.71. The molecule has 0 saturated heterocycles. The van der Waals surface area contributed by atoms with Crippen molar-refractivity contribution in [3.63, 3.8) is 0 Å². The molecular formula is C9H15ClO. The Balaban J connectivity index is 3.19. The second-order valence-corrected chi connectivity index (χ2v) is 2.83. The van der Waals surface area contributed by atoms with Crippen molar-refractivity contribution < 1.29 is 5.11 Å². The van der Waals surface area contributed by atoms with Crippen LogP contribution in [0.4, 0.5) is 0 Å². The molecule has 0 aliphatic heterocycles. The third-order valence-electron chi connectivity index (χ3n) is 1.45. The zero-order chi connectivity index (χ0) is 8.53. The number of alkyl halides is 1. The molecule has 0 amide bonds. The fourth-order valence-electron chi connectivity index (χ4n) is 0.821. The minimum Gasteiger partial charge on any atom is -0.393 e. The minimum absolute atomic E-state index is 0.213. The molecule has 64 valence electrons. The van der Waals surface area contributed by atoms with E-state index in [0.29, 0.717) is 5.88 Å². The van der Waals surface area contributed by atoms with E-state index < -0.39 is 0 Å². The summed E-state index contributed by atoms with van der Waals surface area (Å²) in [5, 5.41) is 9.28. The quantitative estimate of drug-likeness (QED) is 0.501. The van der Waals surface area contributed by atoms with E-state index in [1.165, 1.54) is 0 Å². The van der Waals surface area contributed by atoms with Gasteiger partial charge in [0, 0.05) is 12.3 Å². The van der Waals surface area contributed by atoms with Gasteiger partial charge in [-0.3, -0.25) is 0 Å². The Morgan fingerprint density at radius 2 is 2.18 bits per heavy atom. The predicted octanol–water partition coefficient (Wildman–Crippen LogP) is 2.17. The van der Waals surface area contributed by atoms with Crippen LogP contribution in [-0.2, 0) is 0 Å². The Morgan fingerprint density at radius 1 is 1.45 bits per heavy atom. The van der Waals surface area contributed by atoms with Crippen molar-refractivity contribution in [3.05, 3.63) is 0 Å². The molecule has 0 radical (unpaired) electrons. The van der Waals surface area contributed by atoms with E-state index in [0.717, 1.165) is 25.7 Å². The molecule has 1 N–H and O–H groups in total. The van der Waals surface area contributed by atoms with E-state index in [2.05, 4.69) is 11.8 Å². The van der Waals surface area contributed by atoms with Crippen LogP contribution in [0.1, 0.15) is 32.6 Å². The van der Waals surface area contributed by atoms with Gasteiger partial charge in [-0.05, 0) is 26.2 Å². The number of aliphatic hydroxyl groups excluding tert-OH is 1. The van der Waals surface area contributed by atoms with E-state index in [4.69, 9.17) is 11.6 Å². The largest absolute Gasteiger partial charge is 0.393 e. The summed E-state index contributed by atoms with van der Waals surface area (Å²) in [5.74, 6) is 6.34. The third-order valence-corrected chi connectivity index (χ3v) is 1.72. The molecule has 0 spiro atoms. The molecule has 0 aromatic rings. The maximum atomic E-state index is 9.28. The highest BCUT2D eigenvalue weighted by Crippen LogP contribution is 2.04. The molecule has 0 aliphatic carbocycles. The molecule has 0 fully saturated rings. The summed E-state index contributed by atoms with van der Waals surface area (Å²) in [6.07, 6.45) is 3.05. The Labute approximate surface area is 73.8 Å². The molecule has 0 saturated carbocycles. The van der Waals surface area contributed by atoms with Gasteiger partial charge in [0.15, 0.2) is 0 Å². The van der Waals surface area contributed by atoms with E-state index in [9.17, 15) is 5.11 Å². The molecule has 0 aromatic carbocycles. The standard InChI is InChI=1S/C9H15ClO/c1-2-3-4-6-9(11)7-5-8-10/h9,11H,4-8H2,1H3. The SMILES string of the molecule is CC#CCCC(O)CCCCl. The van der Waals surface area contributed by atoms with Gasteiger partial charge in [0.05, 0.1) is 6.10 Å². The van der Waals surface area contributed by atoms with Crippen LogP contribution < -0.4 is 0 Å². The maximum absolute atomic E-state index is 9.28. The second kappa shape index (κ2) is 7.91. The van der Waals surface area contributed by atoms with Gasteiger partial charge in [0.25, 0.3) is 0 Å². The van der Waals surface area contributed by atoms with Crippen LogP contribution in [0.2, 0.25) is 0 Å². The summed E-state index contributed by atoms with van der Waals surface area (Å²) in [4.78, 5) is 0. The number of rotatable bonds is 5. The van der Waals surface area contributed by atoms with Crippen molar-refractivity contribution in [3.8, 4) is 11.8 Å². The van der Waals surface area contributed by atoms with Gasteiger partial charge in [0.1, 0.15) is 0 Å². The zero-order valence-corrected chi connectivity index (χ0v) is 7.69. The first-order chi connectivity index (χ1) is 5.31. The molecule has 1 atom stereocenters. The first kappa shape index (κ1) is 10.8. The lowest BCUT2D eigenvalue weighted by molar-refractivity contribution is 0.155. The Kier molecular flexibility index (Phi) is 7.78. The van der Waals surface area contributed by atoms with Crippen molar-refractivity contribution in [1.82, 2.24) is 0 Å². The monoisotopic (exact) mass is 174 g/mol. The van der Waals surface area contributed by atoms with E-state index in [1.54, 1.807) is 0 Å². The first-order valence-electron chi connectivity index (χ1n) is 3.95. The van der Waals surface area contributed by atoms with E-state index in [1.807, 2.05) is 6.92 Å². The van der Waals surface area contributed by atoms with Crippen molar-refractivity contribution in [1.29, 1.82) is 0 Å². The maximum Gasteiger partial charge on any atom is 0.0549 e. The molecule has 0 rings (SSSR count).